The van der Waals surface area contributed by atoms with E-state index >= 15 is 0 Å². The summed E-state index contributed by atoms with van der Waals surface area (Å²) in [4.78, 5) is 13.2. The molecule has 0 aliphatic carbocycles. The van der Waals surface area contributed by atoms with Crippen LogP contribution in [0.4, 0.5) is 0 Å². The second-order valence-corrected chi connectivity index (χ2v) is 6.13. The van der Waals surface area contributed by atoms with Crippen molar-refractivity contribution in [2.75, 3.05) is 25.9 Å². The molecule has 0 radical (unpaired) electrons. The van der Waals surface area contributed by atoms with Crippen molar-refractivity contribution in [1.82, 2.24) is 5.43 Å². The van der Waals surface area contributed by atoms with Crippen LogP contribution in [0.25, 0.3) is 0 Å². The number of carbonyl (C=O) groups excluding carboxylic acids is 1. The summed E-state index contributed by atoms with van der Waals surface area (Å²) in [6.45, 7) is 2.22. The predicted molar refractivity (Wildman–Crippen MR) is 84.0 cm³/mol. The molecule has 0 spiro atoms. The highest BCUT2D eigenvalue weighted by Gasteiger charge is 2.14. The number of thioether (sulfide) groups is 1. The third-order valence-electron chi connectivity index (χ3n) is 3.36. The van der Waals surface area contributed by atoms with Crippen LogP contribution in [0.3, 0.4) is 0 Å². The number of benzene rings is 1. The fraction of sp³-hybridized carbons (Fsp3) is 0.467. The number of likely N-dealkylation sites (tertiary alicyclic amines) is 1. The highest BCUT2D eigenvalue weighted by atomic mass is 32.2. The molecule has 2 N–H and O–H groups in total. The molecular formula is C15H22N3OS+. The van der Waals surface area contributed by atoms with Crippen molar-refractivity contribution in [3.63, 3.8) is 0 Å². The molecule has 1 aliphatic heterocycles. The van der Waals surface area contributed by atoms with E-state index in [0.29, 0.717) is 5.75 Å². The first-order valence-corrected chi connectivity index (χ1v) is 8.17. The zero-order chi connectivity index (χ0) is 14.2. The van der Waals surface area contributed by atoms with E-state index in [0.717, 1.165) is 37.4 Å². The first kappa shape index (κ1) is 15.1. The van der Waals surface area contributed by atoms with Crippen LogP contribution in [0.2, 0.25) is 0 Å². The van der Waals surface area contributed by atoms with Gasteiger partial charge in [0.25, 0.3) is 0 Å². The molecule has 1 heterocycles. The zero-order valence-electron chi connectivity index (χ0n) is 11.9. The number of nitrogens with zero attached hydrogens (tertiary/aromatic N) is 1. The maximum atomic E-state index is 11.7. The minimum absolute atomic E-state index is 0.00953. The molecule has 1 amide bonds. The van der Waals surface area contributed by atoms with Crippen molar-refractivity contribution < 1.29 is 9.69 Å². The van der Waals surface area contributed by atoms with Crippen molar-refractivity contribution in [2.24, 2.45) is 5.10 Å². The fourth-order valence-electron chi connectivity index (χ4n) is 2.09. The van der Waals surface area contributed by atoms with Crippen LogP contribution >= 0.6 is 11.8 Å². The summed E-state index contributed by atoms with van der Waals surface area (Å²) in [6, 6.07) is 10.2. The van der Waals surface area contributed by atoms with E-state index in [1.54, 1.807) is 11.8 Å². The Bertz CT molecular complexity index is 451. The molecule has 1 aromatic carbocycles. The van der Waals surface area contributed by atoms with E-state index in [2.05, 4.69) is 29.7 Å². The predicted octanol–water partition coefficient (Wildman–Crippen LogP) is 0.701. The lowest BCUT2D eigenvalue weighted by atomic mass is 10.1. The van der Waals surface area contributed by atoms with Gasteiger partial charge in [0, 0.05) is 24.3 Å². The Labute approximate surface area is 124 Å². The van der Waals surface area contributed by atoms with Crippen LogP contribution in [0.5, 0.6) is 0 Å². The van der Waals surface area contributed by atoms with Crippen LogP contribution in [0, 0.1) is 0 Å². The van der Waals surface area contributed by atoms with Gasteiger partial charge >= 0.3 is 0 Å². The van der Waals surface area contributed by atoms with Gasteiger partial charge in [0.2, 0.25) is 5.91 Å². The zero-order valence-corrected chi connectivity index (χ0v) is 12.7. The molecule has 1 aliphatic rings. The van der Waals surface area contributed by atoms with Gasteiger partial charge in [-0.05, 0) is 5.56 Å². The van der Waals surface area contributed by atoms with Gasteiger partial charge in [-0.3, -0.25) is 4.79 Å². The van der Waals surface area contributed by atoms with Gasteiger partial charge in [-0.1, -0.05) is 30.3 Å². The number of amides is 1. The first-order valence-electron chi connectivity index (χ1n) is 7.01. The SMILES string of the molecule is C[NH+]1CCC(=NNC(=O)CSCc2ccccc2)CC1. The van der Waals surface area contributed by atoms with Crippen molar-refractivity contribution in [1.29, 1.82) is 0 Å². The Morgan fingerprint density at radius 1 is 1.30 bits per heavy atom. The number of hydrogen-bond acceptors (Lipinski definition) is 3. The molecule has 0 aromatic heterocycles. The second kappa shape index (κ2) is 8.07. The van der Waals surface area contributed by atoms with Gasteiger partial charge in [0.15, 0.2) is 0 Å². The summed E-state index contributed by atoms with van der Waals surface area (Å²) in [5, 5.41) is 4.23. The van der Waals surface area contributed by atoms with Crippen molar-refractivity contribution in [3.8, 4) is 0 Å². The van der Waals surface area contributed by atoms with Gasteiger partial charge in [0.05, 0.1) is 25.9 Å². The van der Waals surface area contributed by atoms with Gasteiger partial charge in [0.1, 0.15) is 0 Å². The summed E-state index contributed by atoms with van der Waals surface area (Å²) in [7, 11) is 2.19. The number of carbonyl (C=O) groups is 1. The quantitative estimate of drug-likeness (QED) is 0.785. The normalized spacial score (nSPS) is 18.6. The standard InChI is InChI=1S/C15H21N3OS/c1-18-9-7-14(8-10-18)16-17-15(19)12-20-11-13-5-3-2-4-6-13/h2-6H,7-12H2,1H3,(H,17,19)/p+1. The second-order valence-electron chi connectivity index (χ2n) is 5.15. The monoisotopic (exact) mass is 292 g/mol. The Balaban J connectivity index is 1.64. The van der Waals surface area contributed by atoms with Crippen molar-refractivity contribution in [2.45, 2.75) is 18.6 Å². The van der Waals surface area contributed by atoms with E-state index in [1.165, 1.54) is 10.5 Å². The molecule has 1 aromatic rings. The number of hydrazone groups is 1. The third-order valence-corrected chi connectivity index (χ3v) is 4.37. The summed E-state index contributed by atoms with van der Waals surface area (Å²) < 4.78 is 0. The lowest BCUT2D eigenvalue weighted by molar-refractivity contribution is -0.880. The molecule has 5 heteroatoms. The van der Waals surface area contributed by atoms with Gasteiger partial charge in [-0.15, -0.1) is 11.8 Å². The molecule has 108 valence electrons. The Hall–Kier alpha value is -1.33. The smallest absolute Gasteiger partial charge is 0.250 e. The molecule has 1 saturated heterocycles. The number of hydrogen-bond donors (Lipinski definition) is 2. The highest BCUT2D eigenvalue weighted by molar-refractivity contribution is 7.99. The average molecular weight is 292 g/mol. The van der Waals surface area contributed by atoms with E-state index in [1.807, 2.05) is 18.2 Å². The lowest BCUT2D eigenvalue weighted by Gasteiger charge is -2.20. The molecule has 1 fully saturated rings. The minimum Gasteiger partial charge on any atom is -0.337 e. The number of quaternary nitrogens is 1. The van der Waals surface area contributed by atoms with Gasteiger partial charge in [-0.25, -0.2) is 5.43 Å². The van der Waals surface area contributed by atoms with Crippen molar-refractivity contribution >= 4 is 23.4 Å². The fourth-order valence-corrected chi connectivity index (χ4v) is 2.87. The Morgan fingerprint density at radius 2 is 2.00 bits per heavy atom. The molecule has 0 atom stereocenters. The van der Waals surface area contributed by atoms with Crippen molar-refractivity contribution in [3.05, 3.63) is 35.9 Å². The Kier molecular flexibility index (Phi) is 6.08. The van der Waals surface area contributed by atoms with Gasteiger partial charge in [-0.2, -0.15) is 5.10 Å². The van der Waals surface area contributed by atoms with Crippen LogP contribution in [-0.2, 0) is 10.5 Å². The average Bonchev–Trinajstić information content (AvgIpc) is 2.48. The van der Waals surface area contributed by atoms with Crippen LogP contribution in [0.1, 0.15) is 18.4 Å². The molecule has 20 heavy (non-hydrogen) atoms. The van der Waals surface area contributed by atoms with E-state index in [-0.39, 0.29) is 5.91 Å². The first-order chi connectivity index (χ1) is 9.74. The van der Waals surface area contributed by atoms with E-state index in [4.69, 9.17) is 0 Å². The third kappa shape index (κ3) is 5.35. The summed E-state index contributed by atoms with van der Waals surface area (Å²) in [5.41, 5.74) is 5.04. The molecule has 0 unspecified atom stereocenters. The van der Waals surface area contributed by atoms with E-state index in [9.17, 15) is 4.79 Å². The number of piperidine rings is 1. The summed E-state index contributed by atoms with van der Waals surface area (Å²) in [6.07, 6.45) is 1.98. The molecule has 2 rings (SSSR count). The molecule has 0 bridgehead atoms. The largest absolute Gasteiger partial charge is 0.337 e. The molecule has 0 saturated carbocycles. The van der Waals surface area contributed by atoms with Crippen LogP contribution in [-0.4, -0.2) is 37.5 Å². The topological polar surface area (TPSA) is 45.9 Å². The Morgan fingerprint density at radius 3 is 2.70 bits per heavy atom. The number of nitrogens with one attached hydrogen (secondary N) is 2. The number of rotatable bonds is 5. The maximum Gasteiger partial charge on any atom is 0.250 e. The summed E-state index contributed by atoms with van der Waals surface area (Å²) in [5.74, 6) is 1.31. The van der Waals surface area contributed by atoms with Gasteiger partial charge < -0.3 is 4.90 Å². The van der Waals surface area contributed by atoms with Crippen LogP contribution in [0.15, 0.2) is 35.4 Å². The highest BCUT2D eigenvalue weighted by Crippen LogP contribution is 2.10. The van der Waals surface area contributed by atoms with Crippen LogP contribution < -0.4 is 10.3 Å². The summed E-state index contributed by atoms with van der Waals surface area (Å²) >= 11 is 1.62. The van der Waals surface area contributed by atoms with E-state index < -0.39 is 0 Å². The minimum atomic E-state index is -0.00953. The molecular weight excluding hydrogens is 270 g/mol. The lowest BCUT2D eigenvalue weighted by Crippen LogP contribution is -3.10. The molecule has 4 nitrogen and oxygen atoms in total. The maximum absolute atomic E-state index is 11.7.